The van der Waals surface area contributed by atoms with E-state index in [2.05, 4.69) is 13.2 Å². The van der Waals surface area contributed by atoms with Crippen LogP contribution in [0, 0.1) is 0 Å². The van der Waals surface area contributed by atoms with Gasteiger partial charge in [0.25, 0.3) is 0 Å². The lowest BCUT2D eigenvalue weighted by molar-refractivity contribution is 0.177. The lowest BCUT2D eigenvalue weighted by Gasteiger charge is -2.24. The van der Waals surface area contributed by atoms with Gasteiger partial charge >= 0.3 is 0 Å². The first-order chi connectivity index (χ1) is 23.2. The summed E-state index contributed by atoms with van der Waals surface area (Å²) in [5.74, 6) is 3.94. The molecule has 0 aliphatic carbocycles. The average molecular weight is 663 g/mol. The van der Waals surface area contributed by atoms with E-state index in [4.69, 9.17) is 37.9 Å². The smallest absolute Gasteiger partial charge is 0.138 e. The van der Waals surface area contributed by atoms with Gasteiger partial charge in [-0.25, -0.2) is 0 Å². The number of fused-ring (bicyclic) bond motifs is 2. The van der Waals surface area contributed by atoms with Crippen molar-refractivity contribution in [3.63, 3.8) is 0 Å². The van der Waals surface area contributed by atoms with Gasteiger partial charge in [0.2, 0.25) is 0 Å². The van der Waals surface area contributed by atoms with Gasteiger partial charge in [-0.3, -0.25) is 0 Å². The van der Waals surface area contributed by atoms with E-state index in [0.717, 1.165) is 11.1 Å². The Kier molecular flexibility index (Phi) is 11.9. The Morgan fingerprint density at radius 1 is 0.479 bits per heavy atom. The summed E-state index contributed by atoms with van der Waals surface area (Å²) in [6.07, 6.45) is 3.45. The highest BCUT2D eigenvalue weighted by Gasteiger charge is 2.30. The molecule has 10 heteroatoms. The fourth-order valence-corrected chi connectivity index (χ4v) is 6.41. The number of ether oxygens (including phenoxy) is 8. The number of methoxy groups -OCH3 is 8. The third-order valence-corrected chi connectivity index (χ3v) is 8.40. The van der Waals surface area contributed by atoms with Crippen LogP contribution in [0.3, 0.4) is 0 Å². The number of hydrogen-bond acceptors (Lipinski definition) is 10. The van der Waals surface area contributed by atoms with Gasteiger partial charge in [-0.1, -0.05) is 12.2 Å². The van der Waals surface area contributed by atoms with Gasteiger partial charge in [0, 0.05) is 35.1 Å². The summed E-state index contributed by atoms with van der Waals surface area (Å²) in [5, 5.41) is 23.7. The quantitative estimate of drug-likeness (QED) is 0.119. The molecule has 258 valence electrons. The summed E-state index contributed by atoms with van der Waals surface area (Å²) in [7, 11) is 12.6. The van der Waals surface area contributed by atoms with Crippen molar-refractivity contribution in [1.82, 2.24) is 0 Å². The van der Waals surface area contributed by atoms with Crippen molar-refractivity contribution in [2.45, 2.75) is 37.9 Å². The number of aliphatic hydroxyl groups excluding tert-OH is 2. The molecule has 4 rings (SSSR count). The molecule has 10 nitrogen and oxygen atoms in total. The third-order valence-electron chi connectivity index (χ3n) is 8.40. The van der Waals surface area contributed by atoms with Crippen LogP contribution in [0.2, 0.25) is 0 Å². The van der Waals surface area contributed by atoms with E-state index < -0.39 is 12.2 Å². The normalized spacial score (nSPS) is 12.3. The first-order valence-corrected chi connectivity index (χ1v) is 15.4. The molecule has 0 amide bonds. The monoisotopic (exact) mass is 662 g/mol. The molecule has 2 unspecified atom stereocenters. The molecule has 48 heavy (non-hydrogen) atoms. The molecule has 0 spiro atoms. The van der Waals surface area contributed by atoms with Crippen LogP contribution in [0.1, 0.15) is 24.0 Å². The molecule has 0 saturated carbocycles. The van der Waals surface area contributed by atoms with Crippen molar-refractivity contribution in [2.24, 2.45) is 0 Å². The maximum Gasteiger partial charge on any atom is 0.138 e. The lowest BCUT2D eigenvalue weighted by Crippen LogP contribution is -2.11. The van der Waals surface area contributed by atoms with E-state index >= 15 is 0 Å². The molecule has 0 bridgehead atoms. The molecule has 0 heterocycles. The lowest BCUT2D eigenvalue weighted by atomic mass is 9.90. The van der Waals surface area contributed by atoms with Crippen LogP contribution < -0.4 is 37.9 Å². The van der Waals surface area contributed by atoms with Gasteiger partial charge in [0.05, 0.1) is 90.6 Å². The van der Waals surface area contributed by atoms with Crippen LogP contribution in [0.5, 0.6) is 46.0 Å². The number of benzene rings is 4. The number of hydrogen-bond donors (Lipinski definition) is 2. The molecule has 2 atom stereocenters. The summed E-state index contributed by atoms with van der Waals surface area (Å²) in [5.41, 5.74) is 2.70. The Bertz CT molecular complexity index is 1660. The predicted molar refractivity (Wildman–Crippen MR) is 188 cm³/mol. The van der Waals surface area contributed by atoms with E-state index in [1.54, 1.807) is 69.0 Å². The molecule has 0 fully saturated rings. The molecule has 4 aromatic carbocycles. The maximum atomic E-state index is 10.7. The second-order valence-corrected chi connectivity index (χ2v) is 11.1. The zero-order valence-corrected chi connectivity index (χ0v) is 29.0. The van der Waals surface area contributed by atoms with Gasteiger partial charge in [0.15, 0.2) is 0 Å². The van der Waals surface area contributed by atoms with E-state index in [9.17, 15) is 10.2 Å². The zero-order valence-electron chi connectivity index (χ0n) is 29.0. The second-order valence-electron chi connectivity index (χ2n) is 11.1. The highest BCUT2D eigenvalue weighted by molar-refractivity contribution is 6.11. The van der Waals surface area contributed by atoms with Crippen molar-refractivity contribution >= 4 is 21.5 Å². The largest absolute Gasteiger partial charge is 0.496 e. The van der Waals surface area contributed by atoms with E-state index in [1.165, 1.54) is 0 Å². The Morgan fingerprint density at radius 2 is 0.771 bits per heavy atom. The third kappa shape index (κ3) is 6.50. The van der Waals surface area contributed by atoms with Crippen LogP contribution in [-0.4, -0.2) is 79.3 Å². The minimum Gasteiger partial charge on any atom is -0.496 e. The minimum absolute atomic E-state index is 0.304. The molecular weight excluding hydrogens is 616 g/mol. The summed E-state index contributed by atoms with van der Waals surface area (Å²) < 4.78 is 48.0. The van der Waals surface area contributed by atoms with E-state index in [1.807, 2.05) is 24.3 Å². The number of rotatable bonds is 17. The van der Waals surface area contributed by atoms with E-state index in [0.29, 0.717) is 104 Å². The predicted octanol–water partition coefficient (Wildman–Crippen LogP) is 6.69. The molecule has 0 aliphatic heterocycles. The molecule has 2 N–H and O–H groups in total. The van der Waals surface area contributed by atoms with Gasteiger partial charge in [-0.15, -0.1) is 13.2 Å². The van der Waals surface area contributed by atoms with Gasteiger partial charge in [0.1, 0.15) is 46.0 Å². The average Bonchev–Trinajstić information content (AvgIpc) is 3.09. The van der Waals surface area contributed by atoms with Gasteiger partial charge in [-0.05, 0) is 37.1 Å². The Morgan fingerprint density at radius 3 is 1.04 bits per heavy atom. The highest BCUT2D eigenvalue weighted by Crippen LogP contribution is 2.56. The van der Waals surface area contributed by atoms with Crippen molar-refractivity contribution in [3.05, 3.63) is 60.7 Å². The molecular formula is C38H46O10. The Labute approximate surface area is 282 Å². The van der Waals surface area contributed by atoms with Crippen molar-refractivity contribution in [3.8, 4) is 57.1 Å². The fourth-order valence-electron chi connectivity index (χ4n) is 6.41. The molecule has 0 aliphatic rings. The van der Waals surface area contributed by atoms with Crippen LogP contribution in [0.15, 0.2) is 49.6 Å². The van der Waals surface area contributed by atoms with Crippen molar-refractivity contribution in [2.75, 3.05) is 56.9 Å². The molecule has 4 aromatic rings. The summed E-state index contributed by atoms with van der Waals surface area (Å²) in [6.45, 7) is 7.49. The van der Waals surface area contributed by atoms with E-state index in [-0.39, 0.29) is 0 Å². The summed E-state index contributed by atoms with van der Waals surface area (Å²) >= 11 is 0. The Balaban J connectivity index is 2.17. The molecule has 0 radical (unpaired) electrons. The van der Waals surface area contributed by atoms with Crippen LogP contribution in [0.4, 0.5) is 0 Å². The van der Waals surface area contributed by atoms with Crippen molar-refractivity contribution < 1.29 is 48.1 Å². The first-order valence-electron chi connectivity index (χ1n) is 15.4. The number of aliphatic hydroxyl groups is 2. The fraction of sp³-hybridized carbons (Fsp3) is 0.368. The SMILES string of the molecule is C=CCC(O)Cc1cc(OC)c2c(OC)c(-c3cc(OC)c4c(OC)c(CC(O)CC=C)cc(OC)c4c3OC)cc(OC)c2c1OC. The summed E-state index contributed by atoms with van der Waals surface area (Å²) in [6, 6.07) is 7.38. The first kappa shape index (κ1) is 36.0. The van der Waals surface area contributed by atoms with Crippen LogP contribution in [0.25, 0.3) is 32.7 Å². The second kappa shape index (κ2) is 15.9. The summed E-state index contributed by atoms with van der Waals surface area (Å²) in [4.78, 5) is 0. The molecule has 0 saturated heterocycles. The maximum absolute atomic E-state index is 10.7. The van der Waals surface area contributed by atoms with Crippen LogP contribution in [-0.2, 0) is 12.8 Å². The Hall–Kier alpha value is -4.80. The van der Waals surface area contributed by atoms with Gasteiger partial charge in [-0.2, -0.15) is 0 Å². The zero-order chi connectivity index (χ0) is 35.1. The van der Waals surface area contributed by atoms with Gasteiger partial charge < -0.3 is 48.1 Å². The highest BCUT2D eigenvalue weighted by atomic mass is 16.5. The standard InChI is InChI=1S/C38H46O10/c1-11-13-23(39)15-21-17-27(41-3)33-31(35(21)45-7)29(43-5)19-25(37(33)47-9)26-20-30(44-6)32-34(38(26)48-10)28(42-4)18-22(36(32)46-8)16-24(40)14-12-2/h11-12,17-20,23-24,39-40H,1-2,13-16H2,3-10H3. The topological polar surface area (TPSA) is 114 Å². The molecule has 0 aromatic heterocycles. The van der Waals surface area contributed by atoms with Crippen LogP contribution >= 0.6 is 0 Å². The minimum atomic E-state index is -0.669. The van der Waals surface area contributed by atoms with Crippen molar-refractivity contribution in [1.29, 1.82) is 0 Å².